The molecule has 2 aromatic heterocycles. The van der Waals surface area contributed by atoms with Gasteiger partial charge in [0.25, 0.3) is 0 Å². The molecule has 4 rings (SSSR count). The third-order valence-electron chi connectivity index (χ3n) is 5.59. The maximum Gasteiger partial charge on any atom is 0.309 e. The molecule has 1 fully saturated rings. The standard InChI is InChI=1S/C25H28N6O3/c1-2-34-24(33)18-9-13-31(14-10-18)17-23(32)28-20-6-3-7-21(15-20)29-25-27-12-8-22(30-25)19-5-4-11-26-16-19/h3-8,11-12,15-16,18H,2,9-10,13-14,17H2,1H3,(H,28,32)(H,27,29,30). The number of nitrogens with zero attached hydrogens (tertiary/aromatic N) is 4. The number of ether oxygens (including phenoxy) is 1. The molecule has 0 spiro atoms. The van der Waals surface area contributed by atoms with Gasteiger partial charge in [0.05, 0.1) is 24.8 Å². The number of esters is 1. The summed E-state index contributed by atoms with van der Waals surface area (Å²) in [4.78, 5) is 39.5. The fourth-order valence-electron chi connectivity index (χ4n) is 3.89. The van der Waals surface area contributed by atoms with Crippen LogP contribution in [-0.2, 0) is 14.3 Å². The van der Waals surface area contributed by atoms with E-state index in [-0.39, 0.29) is 24.3 Å². The molecule has 3 aromatic rings. The third-order valence-corrected chi connectivity index (χ3v) is 5.59. The number of rotatable bonds is 8. The van der Waals surface area contributed by atoms with Crippen molar-refractivity contribution in [3.63, 3.8) is 0 Å². The summed E-state index contributed by atoms with van der Waals surface area (Å²) < 4.78 is 5.11. The molecule has 2 N–H and O–H groups in total. The number of pyridine rings is 1. The lowest BCUT2D eigenvalue weighted by molar-refractivity contribution is -0.149. The zero-order chi connectivity index (χ0) is 23.8. The number of benzene rings is 1. The van der Waals surface area contributed by atoms with Crippen LogP contribution in [0, 0.1) is 5.92 Å². The highest BCUT2D eigenvalue weighted by atomic mass is 16.5. The van der Waals surface area contributed by atoms with Crippen molar-refractivity contribution in [2.75, 3.05) is 36.9 Å². The van der Waals surface area contributed by atoms with Crippen molar-refractivity contribution in [2.24, 2.45) is 5.92 Å². The maximum absolute atomic E-state index is 12.6. The highest BCUT2D eigenvalue weighted by Gasteiger charge is 2.26. The molecular weight excluding hydrogens is 432 g/mol. The van der Waals surface area contributed by atoms with Gasteiger partial charge in [-0.3, -0.25) is 19.5 Å². The number of carbonyl (C=O) groups is 2. The molecule has 34 heavy (non-hydrogen) atoms. The number of anilines is 3. The maximum atomic E-state index is 12.6. The number of nitrogens with one attached hydrogen (secondary N) is 2. The van der Waals surface area contributed by atoms with Gasteiger partial charge in [-0.05, 0) is 69.3 Å². The number of piperidine rings is 1. The first-order valence-electron chi connectivity index (χ1n) is 11.4. The van der Waals surface area contributed by atoms with E-state index in [2.05, 4.69) is 30.5 Å². The highest BCUT2D eigenvalue weighted by Crippen LogP contribution is 2.22. The number of hydrogen-bond acceptors (Lipinski definition) is 8. The van der Waals surface area contributed by atoms with Crippen LogP contribution in [0.1, 0.15) is 19.8 Å². The van der Waals surface area contributed by atoms with E-state index in [1.165, 1.54) is 0 Å². The topological polar surface area (TPSA) is 109 Å². The fraction of sp³-hybridized carbons (Fsp3) is 0.320. The summed E-state index contributed by atoms with van der Waals surface area (Å²) in [6, 6.07) is 13.0. The lowest BCUT2D eigenvalue weighted by Gasteiger charge is -2.30. The first kappa shape index (κ1) is 23.3. The Hall–Kier alpha value is -3.85. The summed E-state index contributed by atoms with van der Waals surface area (Å²) in [5.41, 5.74) is 3.11. The summed E-state index contributed by atoms with van der Waals surface area (Å²) in [6.07, 6.45) is 6.58. The Labute approximate surface area is 198 Å². The Balaban J connectivity index is 1.31. The summed E-state index contributed by atoms with van der Waals surface area (Å²) in [6.45, 7) is 3.89. The number of carbonyl (C=O) groups excluding carboxylic acids is 2. The van der Waals surface area contributed by atoms with Crippen molar-refractivity contribution in [1.82, 2.24) is 19.9 Å². The van der Waals surface area contributed by atoms with E-state index in [1.54, 1.807) is 18.6 Å². The minimum Gasteiger partial charge on any atom is -0.466 e. The van der Waals surface area contributed by atoms with Crippen LogP contribution >= 0.6 is 0 Å². The van der Waals surface area contributed by atoms with E-state index in [9.17, 15) is 9.59 Å². The van der Waals surface area contributed by atoms with E-state index in [1.807, 2.05) is 49.4 Å². The Morgan fingerprint density at radius 2 is 1.91 bits per heavy atom. The average molecular weight is 461 g/mol. The molecule has 0 saturated carbocycles. The Kier molecular flexibility index (Phi) is 7.77. The zero-order valence-electron chi connectivity index (χ0n) is 19.1. The average Bonchev–Trinajstić information content (AvgIpc) is 2.85. The Bertz CT molecular complexity index is 1120. The molecule has 0 radical (unpaired) electrons. The smallest absolute Gasteiger partial charge is 0.309 e. The van der Waals surface area contributed by atoms with Crippen molar-refractivity contribution in [2.45, 2.75) is 19.8 Å². The van der Waals surface area contributed by atoms with Crippen LogP contribution in [0.2, 0.25) is 0 Å². The van der Waals surface area contributed by atoms with Gasteiger partial charge in [-0.15, -0.1) is 0 Å². The molecular formula is C25H28N6O3. The minimum absolute atomic E-state index is 0.0686. The fourth-order valence-corrected chi connectivity index (χ4v) is 3.89. The molecule has 0 aliphatic carbocycles. The molecule has 1 saturated heterocycles. The van der Waals surface area contributed by atoms with Crippen LogP contribution in [-0.4, -0.2) is 58.0 Å². The second kappa shape index (κ2) is 11.3. The summed E-state index contributed by atoms with van der Waals surface area (Å²) >= 11 is 0. The number of likely N-dealkylation sites (tertiary alicyclic amines) is 1. The van der Waals surface area contributed by atoms with Crippen molar-refractivity contribution in [3.05, 3.63) is 61.1 Å². The van der Waals surface area contributed by atoms with Gasteiger partial charge in [-0.25, -0.2) is 9.97 Å². The number of amides is 1. The quantitative estimate of drug-likeness (QED) is 0.492. The monoisotopic (exact) mass is 460 g/mol. The second-order valence-corrected chi connectivity index (χ2v) is 8.06. The third kappa shape index (κ3) is 6.35. The van der Waals surface area contributed by atoms with Gasteiger partial charge in [0.2, 0.25) is 11.9 Å². The summed E-state index contributed by atoms with van der Waals surface area (Å²) in [7, 11) is 0. The molecule has 9 heteroatoms. The van der Waals surface area contributed by atoms with Crippen LogP contribution in [0.3, 0.4) is 0 Å². The molecule has 1 aliphatic heterocycles. The van der Waals surface area contributed by atoms with Crippen LogP contribution < -0.4 is 10.6 Å². The molecule has 1 amide bonds. The Morgan fingerprint density at radius 3 is 2.68 bits per heavy atom. The van der Waals surface area contributed by atoms with Crippen LogP contribution in [0.15, 0.2) is 61.1 Å². The van der Waals surface area contributed by atoms with E-state index in [0.29, 0.717) is 44.2 Å². The van der Waals surface area contributed by atoms with Gasteiger partial charge in [0.15, 0.2) is 0 Å². The van der Waals surface area contributed by atoms with E-state index < -0.39 is 0 Å². The number of hydrogen-bond donors (Lipinski definition) is 2. The predicted molar refractivity (Wildman–Crippen MR) is 129 cm³/mol. The van der Waals surface area contributed by atoms with Crippen LogP contribution in [0.5, 0.6) is 0 Å². The van der Waals surface area contributed by atoms with Gasteiger partial charge in [0, 0.05) is 35.5 Å². The van der Waals surface area contributed by atoms with Crippen molar-refractivity contribution < 1.29 is 14.3 Å². The summed E-state index contributed by atoms with van der Waals surface area (Å²) in [5.74, 6) is 0.155. The lowest BCUT2D eigenvalue weighted by atomic mass is 9.97. The van der Waals surface area contributed by atoms with Crippen molar-refractivity contribution in [3.8, 4) is 11.3 Å². The molecule has 0 bridgehead atoms. The molecule has 1 aromatic carbocycles. The minimum atomic E-state index is -0.133. The van der Waals surface area contributed by atoms with Crippen LogP contribution in [0.4, 0.5) is 17.3 Å². The van der Waals surface area contributed by atoms with E-state index >= 15 is 0 Å². The van der Waals surface area contributed by atoms with Crippen molar-refractivity contribution >= 4 is 29.2 Å². The SMILES string of the molecule is CCOC(=O)C1CCN(CC(=O)Nc2cccc(Nc3nccc(-c4cccnc4)n3)c2)CC1. The predicted octanol–water partition coefficient (Wildman–Crippen LogP) is 3.50. The highest BCUT2D eigenvalue weighted by molar-refractivity contribution is 5.92. The Morgan fingerprint density at radius 1 is 1.09 bits per heavy atom. The second-order valence-electron chi connectivity index (χ2n) is 8.06. The lowest BCUT2D eigenvalue weighted by Crippen LogP contribution is -2.41. The van der Waals surface area contributed by atoms with Crippen molar-refractivity contribution in [1.29, 1.82) is 0 Å². The van der Waals surface area contributed by atoms with Crippen LogP contribution in [0.25, 0.3) is 11.3 Å². The molecule has 1 aliphatic rings. The van der Waals surface area contributed by atoms with Gasteiger partial charge >= 0.3 is 5.97 Å². The van der Waals surface area contributed by atoms with Gasteiger partial charge in [0.1, 0.15) is 0 Å². The van der Waals surface area contributed by atoms with Gasteiger partial charge in [-0.1, -0.05) is 6.07 Å². The number of aromatic nitrogens is 3. The molecule has 0 atom stereocenters. The first-order valence-corrected chi connectivity index (χ1v) is 11.4. The largest absolute Gasteiger partial charge is 0.466 e. The molecule has 176 valence electrons. The van der Waals surface area contributed by atoms with Gasteiger partial charge in [-0.2, -0.15) is 0 Å². The molecule has 0 unspecified atom stereocenters. The summed E-state index contributed by atoms with van der Waals surface area (Å²) in [5, 5.41) is 6.13. The van der Waals surface area contributed by atoms with Gasteiger partial charge < -0.3 is 15.4 Å². The normalized spacial score (nSPS) is 14.4. The molecule has 3 heterocycles. The van der Waals surface area contributed by atoms with E-state index in [0.717, 1.165) is 16.9 Å². The first-order chi connectivity index (χ1) is 16.6. The molecule has 9 nitrogen and oxygen atoms in total. The van der Waals surface area contributed by atoms with E-state index in [4.69, 9.17) is 4.74 Å². The zero-order valence-corrected chi connectivity index (χ0v) is 19.1.